The molecular weight excluding hydrogens is 369 g/mol. The van der Waals surface area contributed by atoms with Gasteiger partial charge < -0.3 is 10.3 Å². The van der Waals surface area contributed by atoms with Gasteiger partial charge >= 0.3 is 12.2 Å². The molecule has 0 fully saturated rings. The van der Waals surface area contributed by atoms with Crippen LogP contribution in [-0.2, 0) is 11.2 Å². The number of nitrogens with one attached hydrogen (secondary N) is 3. The minimum absolute atomic E-state index is 0.156. The molecule has 0 saturated heterocycles. The molecule has 0 aliphatic carbocycles. The highest BCUT2D eigenvalue weighted by Gasteiger charge is 2.28. The lowest BCUT2D eigenvalue weighted by Gasteiger charge is -2.08. The zero-order valence-electron chi connectivity index (χ0n) is 13.8. The molecule has 3 amide bonds. The van der Waals surface area contributed by atoms with Crippen molar-refractivity contribution in [3.05, 3.63) is 47.3 Å². The molecule has 1 heterocycles. The van der Waals surface area contributed by atoms with Crippen LogP contribution in [0.2, 0.25) is 0 Å². The number of H-pyrrole nitrogens is 1. The number of amides is 3. The maximum atomic E-state index is 12.0. The van der Waals surface area contributed by atoms with Crippen molar-refractivity contribution >= 4 is 23.7 Å². The van der Waals surface area contributed by atoms with Crippen molar-refractivity contribution in [3.63, 3.8) is 0 Å². The number of urea groups is 1. The molecule has 6 nitrogen and oxygen atoms in total. The van der Waals surface area contributed by atoms with Crippen molar-refractivity contribution < 1.29 is 22.8 Å². The third-order valence-corrected chi connectivity index (χ3v) is 4.09. The van der Waals surface area contributed by atoms with Crippen molar-refractivity contribution in [3.8, 4) is 0 Å². The van der Waals surface area contributed by atoms with Gasteiger partial charge in [-0.2, -0.15) is 13.2 Å². The van der Waals surface area contributed by atoms with Crippen LogP contribution in [0, 0.1) is 6.92 Å². The summed E-state index contributed by atoms with van der Waals surface area (Å²) in [6, 6.07) is 8.56. The molecular formula is C16H17F3N4O2S. The van der Waals surface area contributed by atoms with Crippen molar-refractivity contribution in [1.29, 1.82) is 0 Å². The Kier molecular flexibility index (Phi) is 6.67. The first-order valence-electron chi connectivity index (χ1n) is 7.59. The van der Waals surface area contributed by atoms with Crippen LogP contribution >= 0.6 is 11.8 Å². The molecule has 1 aromatic carbocycles. The third kappa shape index (κ3) is 6.79. The predicted octanol–water partition coefficient (Wildman–Crippen LogP) is 2.79. The largest absolute Gasteiger partial charge is 0.405 e. The second-order valence-electron chi connectivity index (χ2n) is 5.41. The number of carbonyl (C=O) groups is 2. The van der Waals surface area contributed by atoms with E-state index in [0.29, 0.717) is 11.6 Å². The summed E-state index contributed by atoms with van der Waals surface area (Å²) >= 11 is 1.06. The Hall–Kier alpha value is -2.49. The van der Waals surface area contributed by atoms with E-state index in [4.69, 9.17) is 0 Å². The van der Waals surface area contributed by atoms with Crippen LogP contribution in [-0.4, -0.2) is 40.4 Å². The topological polar surface area (TPSA) is 86.9 Å². The van der Waals surface area contributed by atoms with Gasteiger partial charge in [0.2, 0.25) is 5.91 Å². The number of thioether (sulfide) groups is 1. The lowest BCUT2D eigenvalue weighted by atomic mass is 10.1. The van der Waals surface area contributed by atoms with Gasteiger partial charge in [-0.25, -0.2) is 9.78 Å². The molecule has 0 radical (unpaired) electrons. The molecule has 26 heavy (non-hydrogen) atoms. The second-order valence-corrected chi connectivity index (χ2v) is 6.37. The molecule has 2 rings (SSSR count). The van der Waals surface area contributed by atoms with E-state index in [2.05, 4.69) is 9.97 Å². The quantitative estimate of drug-likeness (QED) is 0.667. The van der Waals surface area contributed by atoms with Crippen molar-refractivity contribution in [2.24, 2.45) is 0 Å². The predicted molar refractivity (Wildman–Crippen MR) is 90.9 cm³/mol. The Balaban J connectivity index is 1.81. The van der Waals surface area contributed by atoms with Gasteiger partial charge in [-0.1, -0.05) is 42.1 Å². The summed E-state index contributed by atoms with van der Waals surface area (Å²) in [4.78, 5) is 30.3. The van der Waals surface area contributed by atoms with E-state index in [1.165, 1.54) is 0 Å². The fraction of sp³-hybridized carbons (Fsp3) is 0.312. The number of carbonyl (C=O) groups excluding carboxylic acids is 2. The molecule has 2 aromatic rings. The van der Waals surface area contributed by atoms with Gasteiger partial charge in [-0.15, -0.1) is 0 Å². The number of benzene rings is 1. The van der Waals surface area contributed by atoms with E-state index >= 15 is 0 Å². The fourth-order valence-electron chi connectivity index (χ4n) is 2.02. The first kappa shape index (κ1) is 19.8. The Bertz CT molecular complexity index is 763. The number of imidazole rings is 1. The number of hydrogen-bond donors (Lipinski definition) is 3. The Morgan fingerprint density at radius 2 is 1.92 bits per heavy atom. The standard InChI is InChI=1S/C16H17F3N4O2S/c1-10-12(7-11-5-3-2-4-6-11)22-15(21-10)26-8-13(24)23-14(25)20-9-16(17,18)19/h2-6H,7-9H2,1H3,(H,21,22)(H2,20,23,24,25). The average Bonchev–Trinajstić information content (AvgIpc) is 2.91. The molecule has 0 spiro atoms. The number of aromatic amines is 1. The molecule has 0 aliphatic rings. The number of rotatable bonds is 6. The zero-order valence-corrected chi connectivity index (χ0v) is 14.6. The zero-order chi connectivity index (χ0) is 19.2. The van der Waals surface area contributed by atoms with E-state index in [0.717, 1.165) is 28.7 Å². The summed E-state index contributed by atoms with van der Waals surface area (Å²) in [7, 11) is 0. The van der Waals surface area contributed by atoms with Gasteiger partial charge in [-0.05, 0) is 12.5 Å². The summed E-state index contributed by atoms with van der Waals surface area (Å²) in [5, 5.41) is 3.90. The number of alkyl halides is 3. The Labute approximate surface area is 152 Å². The van der Waals surface area contributed by atoms with Gasteiger partial charge in [-0.3, -0.25) is 10.1 Å². The van der Waals surface area contributed by atoms with Crippen LogP contribution in [0.5, 0.6) is 0 Å². The molecule has 1 aromatic heterocycles. The number of aromatic nitrogens is 2. The lowest BCUT2D eigenvalue weighted by Crippen LogP contribution is -2.43. The van der Waals surface area contributed by atoms with Crippen LogP contribution in [0.15, 0.2) is 35.5 Å². The Morgan fingerprint density at radius 3 is 2.58 bits per heavy atom. The SMILES string of the molecule is Cc1[nH]c(SCC(=O)NC(=O)NCC(F)(F)F)nc1Cc1ccccc1. The van der Waals surface area contributed by atoms with Crippen molar-refractivity contribution in [1.82, 2.24) is 20.6 Å². The van der Waals surface area contributed by atoms with E-state index in [-0.39, 0.29) is 5.75 Å². The number of nitrogens with zero attached hydrogens (tertiary/aromatic N) is 1. The molecule has 3 N–H and O–H groups in total. The monoisotopic (exact) mass is 386 g/mol. The molecule has 0 aliphatic heterocycles. The number of halogens is 3. The van der Waals surface area contributed by atoms with Crippen LogP contribution in [0.4, 0.5) is 18.0 Å². The van der Waals surface area contributed by atoms with E-state index < -0.39 is 24.7 Å². The minimum atomic E-state index is -4.53. The van der Waals surface area contributed by atoms with Gasteiger partial charge in [0.05, 0.1) is 11.4 Å². The number of aryl methyl sites for hydroxylation is 1. The van der Waals surface area contributed by atoms with Crippen molar-refractivity contribution in [2.45, 2.75) is 24.7 Å². The van der Waals surface area contributed by atoms with E-state index in [1.54, 1.807) is 5.32 Å². The first-order valence-corrected chi connectivity index (χ1v) is 8.58. The summed E-state index contributed by atoms with van der Waals surface area (Å²) in [5.41, 5.74) is 2.79. The minimum Gasteiger partial charge on any atom is -0.337 e. The molecule has 0 atom stereocenters. The highest BCUT2D eigenvalue weighted by molar-refractivity contribution is 7.99. The number of hydrogen-bond acceptors (Lipinski definition) is 4. The summed E-state index contributed by atoms with van der Waals surface area (Å²) in [6.07, 6.45) is -3.90. The molecule has 140 valence electrons. The highest BCUT2D eigenvalue weighted by Crippen LogP contribution is 2.18. The van der Waals surface area contributed by atoms with Crippen LogP contribution in [0.25, 0.3) is 0 Å². The fourth-order valence-corrected chi connectivity index (χ4v) is 2.76. The number of imide groups is 1. The van der Waals surface area contributed by atoms with Gasteiger partial charge in [0.1, 0.15) is 6.54 Å². The summed E-state index contributed by atoms with van der Waals surface area (Å²) < 4.78 is 35.9. The van der Waals surface area contributed by atoms with Crippen LogP contribution in [0.3, 0.4) is 0 Å². The molecule has 10 heteroatoms. The van der Waals surface area contributed by atoms with Gasteiger partial charge in [0.15, 0.2) is 5.16 Å². The maximum Gasteiger partial charge on any atom is 0.405 e. The van der Waals surface area contributed by atoms with Crippen LogP contribution in [0.1, 0.15) is 17.0 Å². The summed E-state index contributed by atoms with van der Waals surface area (Å²) in [5.74, 6) is -0.870. The molecule has 0 bridgehead atoms. The van der Waals surface area contributed by atoms with Gasteiger partial charge in [0, 0.05) is 12.1 Å². The third-order valence-electron chi connectivity index (χ3n) is 3.22. The smallest absolute Gasteiger partial charge is 0.337 e. The second kappa shape index (κ2) is 8.75. The molecule has 0 saturated carbocycles. The van der Waals surface area contributed by atoms with E-state index in [9.17, 15) is 22.8 Å². The first-order chi connectivity index (χ1) is 12.2. The van der Waals surface area contributed by atoms with Crippen molar-refractivity contribution in [2.75, 3.05) is 12.3 Å². The van der Waals surface area contributed by atoms with Gasteiger partial charge in [0.25, 0.3) is 0 Å². The lowest BCUT2D eigenvalue weighted by molar-refractivity contribution is -0.124. The van der Waals surface area contributed by atoms with Crippen LogP contribution < -0.4 is 10.6 Å². The van der Waals surface area contributed by atoms with E-state index in [1.807, 2.05) is 42.6 Å². The summed E-state index contributed by atoms with van der Waals surface area (Å²) in [6.45, 7) is 0.361. The normalized spacial score (nSPS) is 11.2. The highest BCUT2D eigenvalue weighted by atomic mass is 32.2. The molecule has 0 unspecified atom stereocenters. The maximum absolute atomic E-state index is 12.0. The Morgan fingerprint density at radius 1 is 1.23 bits per heavy atom. The average molecular weight is 386 g/mol.